The molecule has 0 bridgehead atoms. The van der Waals surface area contributed by atoms with Gasteiger partial charge in [0.1, 0.15) is 0 Å². The number of hydrogen-bond acceptors (Lipinski definition) is 0. The quantitative estimate of drug-likeness (QED) is 0.539. The molecule has 1 aliphatic carbocycles. The van der Waals surface area contributed by atoms with Crippen LogP contribution in [0.3, 0.4) is 0 Å². The number of aryl methyl sites for hydroxylation is 1. The van der Waals surface area contributed by atoms with Gasteiger partial charge in [-0.1, -0.05) is 73.2 Å². The van der Waals surface area contributed by atoms with E-state index in [1.165, 1.54) is 44.2 Å². The van der Waals surface area contributed by atoms with E-state index in [0.717, 1.165) is 12.8 Å². The van der Waals surface area contributed by atoms with Crippen molar-refractivity contribution in [2.24, 2.45) is 0 Å². The van der Waals surface area contributed by atoms with Gasteiger partial charge in [-0.2, -0.15) is 0 Å². The summed E-state index contributed by atoms with van der Waals surface area (Å²) in [5, 5.41) is 2.65. The molecule has 3 aromatic carbocycles. The van der Waals surface area contributed by atoms with Crippen molar-refractivity contribution < 1.29 is 0 Å². The van der Waals surface area contributed by atoms with Crippen molar-refractivity contribution in [3.8, 4) is 11.1 Å². The molecule has 4 rings (SSSR count). The highest BCUT2D eigenvalue weighted by Gasteiger charge is 2.18. The zero-order valence-electron chi connectivity index (χ0n) is 13.2. The molecular formula is C22H20. The topological polar surface area (TPSA) is 0 Å². The second kappa shape index (κ2) is 5.14. The lowest BCUT2D eigenvalue weighted by Gasteiger charge is -2.14. The van der Waals surface area contributed by atoms with E-state index in [1.54, 1.807) is 0 Å². The Balaban J connectivity index is 2.02. The van der Waals surface area contributed by atoms with Crippen LogP contribution in [0.1, 0.15) is 30.5 Å². The van der Waals surface area contributed by atoms with Crippen molar-refractivity contribution in [1.82, 2.24) is 0 Å². The van der Waals surface area contributed by atoms with Gasteiger partial charge in [-0.05, 0) is 58.4 Å². The molecule has 0 nitrogen and oxygen atoms in total. The SMILES string of the molecule is CCc1ccc(-c2cccc3ccccc23)c2c1CC(C)=C2. The van der Waals surface area contributed by atoms with Crippen LogP contribution in [0.4, 0.5) is 0 Å². The highest BCUT2D eigenvalue weighted by atomic mass is 14.2. The Morgan fingerprint density at radius 3 is 2.55 bits per heavy atom. The smallest absolute Gasteiger partial charge is 0.00576 e. The first-order valence-electron chi connectivity index (χ1n) is 8.08. The lowest BCUT2D eigenvalue weighted by molar-refractivity contribution is 1.07. The van der Waals surface area contributed by atoms with Crippen LogP contribution in [0.2, 0.25) is 0 Å². The van der Waals surface area contributed by atoms with E-state index in [0.29, 0.717) is 0 Å². The summed E-state index contributed by atoms with van der Waals surface area (Å²) in [6.45, 7) is 4.49. The number of fused-ring (bicyclic) bond motifs is 2. The Morgan fingerprint density at radius 2 is 1.68 bits per heavy atom. The fourth-order valence-electron chi connectivity index (χ4n) is 3.69. The van der Waals surface area contributed by atoms with Crippen LogP contribution in [0, 0.1) is 0 Å². The monoisotopic (exact) mass is 284 g/mol. The summed E-state index contributed by atoms with van der Waals surface area (Å²) >= 11 is 0. The Kier molecular flexibility index (Phi) is 3.11. The summed E-state index contributed by atoms with van der Waals surface area (Å²) in [5.41, 5.74) is 8.66. The standard InChI is InChI=1S/C22H20/c1-3-16-11-12-20(22-14-15(2)13-21(16)22)19-10-6-8-17-7-4-5-9-18(17)19/h4-12,14H,3,13H2,1-2H3. The number of rotatable bonds is 2. The van der Waals surface area contributed by atoms with Crippen LogP contribution in [0.25, 0.3) is 28.0 Å². The van der Waals surface area contributed by atoms with Gasteiger partial charge >= 0.3 is 0 Å². The van der Waals surface area contributed by atoms with E-state index in [1.807, 2.05) is 0 Å². The number of benzene rings is 3. The molecule has 0 saturated heterocycles. The Labute approximate surface area is 132 Å². The fraction of sp³-hybridized carbons (Fsp3) is 0.182. The highest BCUT2D eigenvalue weighted by Crippen LogP contribution is 2.38. The number of hydrogen-bond donors (Lipinski definition) is 0. The lowest BCUT2D eigenvalue weighted by Crippen LogP contribution is -1.95. The Bertz CT molecular complexity index is 892. The van der Waals surface area contributed by atoms with Crippen molar-refractivity contribution in [3.05, 3.63) is 76.9 Å². The molecule has 0 aliphatic heterocycles. The first kappa shape index (κ1) is 13.3. The second-order valence-electron chi connectivity index (χ2n) is 6.21. The minimum absolute atomic E-state index is 1.11. The van der Waals surface area contributed by atoms with Gasteiger partial charge < -0.3 is 0 Å². The highest BCUT2D eigenvalue weighted by molar-refractivity contribution is 5.99. The van der Waals surface area contributed by atoms with E-state index in [4.69, 9.17) is 0 Å². The molecule has 0 heteroatoms. The lowest BCUT2D eigenvalue weighted by atomic mass is 9.90. The molecule has 0 amide bonds. The fourth-order valence-corrected chi connectivity index (χ4v) is 3.69. The Hall–Kier alpha value is -2.34. The normalized spacial score (nSPS) is 13.3. The summed E-state index contributed by atoms with van der Waals surface area (Å²) in [5.74, 6) is 0. The van der Waals surface area contributed by atoms with E-state index in [-0.39, 0.29) is 0 Å². The largest absolute Gasteiger partial charge is 0.0683 e. The maximum Gasteiger partial charge on any atom is -0.00576 e. The minimum atomic E-state index is 1.11. The molecule has 0 saturated carbocycles. The molecule has 0 N–H and O–H groups in total. The van der Waals surface area contributed by atoms with Gasteiger partial charge in [-0.25, -0.2) is 0 Å². The first-order chi connectivity index (χ1) is 10.8. The van der Waals surface area contributed by atoms with Crippen LogP contribution in [-0.4, -0.2) is 0 Å². The van der Waals surface area contributed by atoms with Gasteiger partial charge in [0.2, 0.25) is 0 Å². The summed E-state index contributed by atoms with van der Waals surface area (Å²) in [4.78, 5) is 0. The predicted molar refractivity (Wildman–Crippen MR) is 96.1 cm³/mol. The molecule has 22 heavy (non-hydrogen) atoms. The summed E-state index contributed by atoms with van der Waals surface area (Å²) in [7, 11) is 0. The van der Waals surface area contributed by atoms with Gasteiger partial charge in [0.25, 0.3) is 0 Å². The molecule has 0 unspecified atom stereocenters. The van der Waals surface area contributed by atoms with Gasteiger partial charge in [-0.3, -0.25) is 0 Å². The van der Waals surface area contributed by atoms with Crippen molar-refractivity contribution >= 4 is 16.8 Å². The van der Waals surface area contributed by atoms with Gasteiger partial charge in [-0.15, -0.1) is 0 Å². The summed E-state index contributed by atoms with van der Waals surface area (Å²) < 4.78 is 0. The molecule has 0 aromatic heterocycles. The molecule has 0 spiro atoms. The molecule has 0 atom stereocenters. The molecule has 0 fully saturated rings. The maximum absolute atomic E-state index is 2.38. The molecule has 0 radical (unpaired) electrons. The van der Waals surface area contributed by atoms with Crippen LogP contribution in [0.5, 0.6) is 0 Å². The molecule has 108 valence electrons. The van der Waals surface area contributed by atoms with Crippen LogP contribution in [0.15, 0.2) is 60.2 Å². The third kappa shape index (κ3) is 1.99. The third-order valence-corrected chi connectivity index (χ3v) is 4.76. The van der Waals surface area contributed by atoms with E-state index < -0.39 is 0 Å². The number of allylic oxidation sites excluding steroid dienone is 1. The van der Waals surface area contributed by atoms with E-state index in [9.17, 15) is 0 Å². The molecular weight excluding hydrogens is 264 g/mol. The summed E-state index contributed by atoms with van der Waals surface area (Å²) in [6, 6.07) is 19.9. The van der Waals surface area contributed by atoms with Gasteiger partial charge in [0, 0.05) is 0 Å². The predicted octanol–water partition coefficient (Wildman–Crippen LogP) is 6.03. The van der Waals surface area contributed by atoms with Crippen molar-refractivity contribution in [2.75, 3.05) is 0 Å². The van der Waals surface area contributed by atoms with Crippen LogP contribution < -0.4 is 0 Å². The molecule has 0 heterocycles. The average molecular weight is 284 g/mol. The maximum atomic E-state index is 2.38. The third-order valence-electron chi connectivity index (χ3n) is 4.76. The van der Waals surface area contributed by atoms with Crippen molar-refractivity contribution in [3.63, 3.8) is 0 Å². The Morgan fingerprint density at radius 1 is 0.864 bits per heavy atom. The first-order valence-corrected chi connectivity index (χ1v) is 8.08. The van der Waals surface area contributed by atoms with Crippen LogP contribution in [-0.2, 0) is 12.8 Å². The molecule has 1 aliphatic rings. The zero-order chi connectivity index (χ0) is 15.1. The molecule has 3 aromatic rings. The van der Waals surface area contributed by atoms with Gasteiger partial charge in [0.15, 0.2) is 0 Å². The zero-order valence-corrected chi connectivity index (χ0v) is 13.2. The van der Waals surface area contributed by atoms with Crippen molar-refractivity contribution in [1.29, 1.82) is 0 Å². The summed E-state index contributed by atoms with van der Waals surface area (Å²) in [6.07, 6.45) is 4.60. The van der Waals surface area contributed by atoms with E-state index in [2.05, 4.69) is 74.5 Å². The van der Waals surface area contributed by atoms with E-state index >= 15 is 0 Å². The van der Waals surface area contributed by atoms with Crippen molar-refractivity contribution in [2.45, 2.75) is 26.7 Å². The second-order valence-corrected chi connectivity index (χ2v) is 6.21. The van der Waals surface area contributed by atoms with Crippen LogP contribution >= 0.6 is 0 Å². The average Bonchev–Trinajstić information content (AvgIpc) is 2.95. The van der Waals surface area contributed by atoms with Gasteiger partial charge in [0.05, 0.1) is 0 Å². The minimum Gasteiger partial charge on any atom is -0.0683 e.